The Morgan fingerprint density at radius 3 is 1.69 bits per heavy atom. The molecule has 0 rings (SSSR count). The zero-order valence-electron chi connectivity index (χ0n) is 28.8. The molecule has 0 heterocycles. The molecule has 0 aromatic heterocycles. The predicted molar refractivity (Wildman–Crippen MR) is 184 cm³/mol. The van der Waals surface area contributed by atoms with Crippen molar-refractivity contribution in [3.8, 4) is 0 Å². The maximum atomic E-state index is 12.5. The summed E-state index contributed by atoms with van der Waals surface area (Å²) in [7, 11) is -4.27. The minimum absolute atomic E-state index is 0.00436. The molecule has 0 bridgehead atoms. The van der Waals surface area contributed by atoms with Crippen LogP contribution in [0.1, 0.15) is 156 Å². The molecule has 0 saturated heterocycles. The lowest BCUT2D eigenvalue weighted by atomic mass is 10.1. The van der Waals surface area contributed by atoms with Crippen molar-refractivity contribution in [3.05, 3.63) is 36.5 Å². The monoisotopic (exact) mass is 656 g/mol. The molecule has 0 saturated carbocycles. The van der Waals surface area contributed by atoms with Crippen LogP contribution in [0.2, 0.25) is 0 Å². The second kappa shape index (κ2) is 32.2. The number of ether oxygens (including phenoxy) is 2. The van der Waals surface area contributed by atoms with Crippen molar-refractivity contribution in [1.29, 1.82) is 0 Å². The quantitative estimate of drug-likeness (QED) is 0.0330. The number of hydrogen-bond donors (Lipinski definition) is 1. The second-order valence-corrected chi connectivity index (χ2v) is 13.0. The van der Waals surface area contributed by atoms with Crippen molar-refractivity contribution in [2.45, 2.75) is 162 Å². The van der Waals surface area contributed by atoms with Crippen molar-refractivity contribution in [2.75, 3.05) is 19.8 Å². The van der Waals surface area contributed by atoms with Crippen LogP contribution in [0.4, 0.5) is 0 Å². The van der Waals surface area contributed by atoms with Gasteiger partial charge in [-0.2, -0.15) is 0 Å². The van der Waals surface area contributed by atoms with Gasteiger partial charge in [-0.25, -0.2) is 4.57 Å². The molecule has 0 aliphatic rings. The van der Waals surface area contributed by atoms with Gasteiger partial charge in [-0.1, -0.05) is 108 Å². The van der Waals surface area contributed by atoms with E-state index in [1.165, 1.54) is 32.1 Å². The SMILES string of the molecule is CCC/C=C\CCCCCCCC(=O)OCC(COP(=O)(O)OCC)OC(=O)CCCCCCC/C=C\C/C=C\CCCCC. The first-order chi connectivity index (χ1) is 21.8. The zero-order chi connectivity index (χ0) is 33.3. The summed E-state index contributed by atoms with van der Waals surface area (Å²) >= 11 is 0. The Bertz CT molecular complexity index is 839. The van der Waals surface area contributed by atoms with Gasteiger partial charge in [0, 0.05) is 12.8 Å². The molecule has 0 aromatic carbocycles. The van der Waals surface area contributed by atoms with Crippen LogP contribution in [0.3, 0.4) is 0 Å². The van der Waals surface area contributed by atoms with Gasteiger partial charge in [0.15, 0.2) is 6.10 Å². The standard InChI is InChI=1S/C36H65O8P/c1-4-7-9-11-13-15-17-18-19-20-21-23-25-27-29-31-36(38)44-34(33-43-45(39,40)42-6-3)32-41-35(37)30-28-26-24-22-16-14-12-10-8-5-2/h10,12-13,15,18-19,34H,4-9,11,14,16-17,20-33H2,1-3H3,(H,39,40)/b12-10-,15-13-,19-18-. The first-order valence-corrected chi connectivity index (χ1v) is 19.3. The molecule has 0 radical (unpaired) electrons. The lowest BCUT2D eigenvalue weighted by Gasteiger charge is -2.19. The number of phosphoric ester groups is 1. The van der Waals surface area contributed by atoms with Crippen LogP contribution in [0.15, 0.2) is 36.5 Å². The average Bonchev–Trinajstić information content (AvgIpc) is 3.01. The minimum atomic E-state index is -4.27. The fourth-order valence-electron chi connectivity index (χ4n) is 4.54. The van der Waals surface area contributed by atoms with Crippen molar-refractivity contribution < 1.29 is 37.6 Å². The predicted octanol–water partition coefficient (Wildman–Crippen LogP) is 10.5. The van der Waals surface area contributed by atoms with Crippen LogP contribution in [-0.2, 0) is 32.7 Å². The van der Waals surface area contributed by atoms with Gasteiger partial charge in [0.1, 0.15) is 6.61 Å². The fraction of sp³-hybridized carbons (Fsp3) is 0.778. The number of allylic oxidation sites excluding steroid dienone is 6. The Hall–Kier alpha value is -1.73. The third-order valence-electron chi connectivity index (χ3n) is 7.15. The van der Waals surface area contributed by atoms with Gasteiger partial charge in [0.25, 0.3) is 0 Å². The van der Waals surface area contributed by atoms with E-state index in [1.807, 2.05) is 0 Å². The maximum absolute atomic E-state index is 12.5. The molecule has 262 valence electrons. The summed E-state index contributed by atoms with van der Waals surface area (Å²) in [5.41, 5.74) is 0. The molecule has 0 spiro atoms. The average molecular weight is 657 g/mol. The number of hydrogen-bond acceptors (Lipinski definition) is 7. The van der Waals surface area contributed by atoms with Crippen LogP contribution >= 0.6 is 7.82 Å². The molecule has 0 aliphatic heterocycles. The Labute approximate surface area is 275 Å². The van der Waals surface area contributed by atoms with Gasteiger partial charge in [0.2, 0.25) is 0 Å². The highest BCUT2D eigenvalue weighted by atomic mass is 31.2. The van der Waals surface area contributed by atoms with Crippen molar-refractivity contribution in [1.82, 2.24) is 0 Å². The lowest BCUT2D eigenvalue weighted by molar-refractivity contribution is -0.161. The lowest BCUT2D eigenvalue weighted by Crippen LogP contribution is -2.29. The Balaban J connectivity index is 4.22. The van der Waals surface area contributed by atoms with Gasteiger partial charge < -0.3 is 14.4 Å². The van der Waals surface area contributed by atoms with Gasteiger partial charge in [-0.3, -0.25) is 18.6 Å². The zero-order valence-corrected chi connectivity index (χ0v) is 29.7. The topological polar surface area (TPSA) is 108 Å². The Kier molecular flexibility index (Phi) is 31.0. The second-order valence-electron chi connectivity index (χ2n) is 11.5. The molecule has 2 unspecified atom stereocenters. The van der Waals surface area contributed by atoms with Crippen LogP contribution < -0.4 is 0 Å². The summed E-state index contributed by atoms with van der Waals surface area (Å²) in [6, 6.07) is 0. The van der Waals surface area contributed by atoms with Gasteiger partial charge >= 0.3 is 19.8 Å². The number of unbranched alkanes of at least 4 members (excludes halogenated alkanes) is 14. The summed E-state index contributed by atoms with van der Waals surface area (Å²) in [5.74, 6) is -0.830. The normalized spacial score (nSPS) is 14.0. The van der Waals surface area contributed by atoms with Crippen LogP contribution in [-0.4, -0.2) is 42.8 Å². The van der Waals surface area contributed by atoms with Gasteiger partial charge in [0.05, 0.1) is 13.2 Å². The minimum Gasteiger partial charge on any atom is -0.462 e. The number of rotatable bonds is 32. The third kappa shape index (κ3) is 32.0. The third-order valence-corrected chi connectivity index (χ3v) is 8.21. The highest BCUT2D eigenvalue weighted by Gasteiger charge is 2.25. The van der Waals surface area contributed by atoms with E-state index in [1.54, 1.807) is 6.92 Å². The number of esters is 2. The largest absolute Gasteiger partial charge is 0.472 e. The van der Waals surface area contributed by atoms with E-state index in [0.717, 1.165) is 83.5 Å². The van der Waals surface area contributed by atoms with E-state index in [2.05, 4.69) is 50.3 Å². The molecule has 0 fully saturated rings. The first-order valence-electron chi connectivity index (χ1n) is 17.8. The van der Waals surface area contributed by atoms with Gasteiger partial charge in [-0.05, 0) is 71.1 Å². The molecule has 45 heavy (non-hydrogen) atoms. The molecule has 9 heteroatoms. The molecule has 0 aromatic rings. The van der Waals surface area contributed by atoms with Crippen molar-refractivity contribution in [2.24, 2.45) is 0 Å². The molecule has 8 nitrogen and oxygen atoms in total. The Morgan fingerprint density at radius 2 is 1.11 bits per heavy atom. The highest BCUT2D eigenvalue weighted by Crippen LogP contribution is 2.43. The van der Waals surface area contributed by atoms with Gasteiger partial charge in [-0.15, -0.1) is 0 Å². The summed E-state index contributed by atoms with van der Waals surface area (Å²) < 4.78 is 32.4. The summed E-state index contributed by atoms with van der Waals surface area (Å²) in [5, 5.41) is 0. The van der Waals surface area contributed by atoms with E-state index in [-0.39, 0.29) is 32.0 Å². The molecule has 0 aliphatic carbocycles. The molecular weight excluding hydrogens is 591 g/mol. The summed E-state index contributed by atoms with van der Waals surface area (Å²) in [6.45, 7) is 5.33. The molecular formula is C36H65O8P. The fourth-order valence-corrected chi connectivity index (χ4v) is 5.30. The van der Waals surface area contributed by atoms with Crippen molar-refractivity contribution >= 4 is 19.8 Å². The van der Waals surface area contributed by atoms with Crippen LogP contribution in [0.25, 0.3) is 0 Å². The number of phosphoric acid groups is 1. The maximum Gasteiger partial charge on any atom is 0.472 e. The number of carbonyl (C=O) groups is 2. The highest BCUT2D eigenvalue weighted by molar-refractivity contribution is 7.47. The smallest absolute Gasteiger partial charge is 0.462 e. The number of carbonyl (C=O) groups excluding carboxylic acids is 2. The van der Waals surface area contributed by atoms with E-state index < -0.39 is 26.5 Å². The van der Waals surface area contributed by atoms with E-state index in [9.17, 15) is 19.0 Å². The first kappa shape index (κ1) is 43.3. The molecule has 1 N–H and O–H groups in total. The van der Waals surface area contributed by atoms with Crippen LogP contribution in [0, 0.1) is 0 Å². The van der Waals surface area contributed by atoms with Crippen LogP contribution in [0.5, 0.6) is 0 Å². The Morgan fingerprint density at radius 1 is 0.600 bits per heavy atom. The summed E-state index contributed by atoms with van der Waals surface area (Å²) in [6.07, 6.45) is 33.4. The molecule has 2 atom stereocenters. The van der Waals surface area contributed by atoms with E-state index >= 15 is 0 Å². The molecule has 0 amide bonds. The summed E-state index contributed by atoms with van der Waals surface area (Å²) in [4.78, 5) is 34.4. The van der Waals surface area contributed by atoms with E-state index in [4.69, 9.17) is 18.5 Å². The van der Waals surface area contributed by atoms with Crippen molar-refractivity contribution in [3.63, 3.8) is 0 Å². The van der Waals surface area contributed by atoms with E-state index in [0.29, 0.717) is 6.42 Å².